The SMILES string of the molecule is COCN1c2nc(cc(-c3c(C)cccc3C)n2)OC[C@@H](CC(C)C)N(Cc2ncc(O)cn2)C(=O)c2cccc(c2)S1(=O)=O. The molecule has 236 valence electrons. The van der Waals surface area contributed by atoms with Gasteiger partial charge in [-0.2, -0.15) is 4.98 Å². The number of hydrogen-bond acceptors (Lipinski definition) is 10. The average Bonchev–Trinajstić information content (AvgIpc) is 3.01. The van der Waals surface area contributed by atoms with Crippen LogP contribution in [0.1, 0.15) is 47.6 Å². The van der Waals surface area contributed by atoms with Crippen LogP contribution in [0, 0.1) is 19.8 Å². The molecule has 0 fully saturated rings. The first-order chi connectivity index (χ1) is 21.5. The Morgan fingerprint density at radius 2 is 1.73 bits per heavy atom. The van der Waals surface area contributed by atoms with Gasteiger partial charge in [-0.15, -0.1) is 0 Å². The molecular formula is C32H36N6O6S. The van der Waals surface area contributed by atoms with E-state index in [-0.39, 0.29) is 53.8 Å². The third-order valence-electron chi connectivity index (χ3n) is 7.44. The van der Waals surface area contributed by atoms with Crippen molar-refractivity contribution in [1.29, 1.82) is 0 Å². The summed E-state index contributed by atoms with van der Waals surface area (Å²) in [6.45, 7) is 7.65. The standard InChI is InChI=1S/C32H36N6O6S/c1-20(2)12-24-18-44-29-14-27(30-21(3)8-6-9-22(30)4)35-32(36-29)38(19-43-5)45(41,42)26-11-7-10-23(13-26)31(40)37(24)17-28-33-15-25(39)16-34-28/h6-11,13-16,20,24,39H,12,17-19H2,1-5H3/t24-/m1/s1. The number of nitrogens with zero attached hydrogens (tertiary/aromatic N) is 6. The van der Waals surface area contributed by atoms with Gasteiger partial charge in [0.2, 0.25) is 11.8 Å². The molecule has 5 rings (SSSR count). The van der Waals surface area contributed by atoms with Gasteiger partial charge in [0.1, 0.15) is 19.2 Å². The smallest absolute Gasteiger partial charge is 0.268 e. The molecule has 1 aliphatic rings. The van der Waals surface area contributed by atoms with E-state index in [2.05, 4.69) is 15.0 Å². The normalized spacial score (nSPS) is 16.5. The van der Waals surface area contributed by atoms with Crippen LogP contribution in [0.5, 0.6) is 11.6 Å². The molecule has 4 bridgehead atoms. The van der Waals surface area contributed by atoms with E-state index in [4.69, 9.17) is 14.5 Å². The molecule has 0 unspecified atom stereocenters. The second-order valence-corrected chi connectivity index (χ2v) is 13.2. The van der Waals surface area contributed by atoms with Gasteiger partial charge in [0.05, 0.1) is 35.6 Å². The Morgan fingerprint density at radius 1 is 1.04 bits per heavy atom. The summed E-state index contributed by atoms with van der Waals surface area (Å²) < 4.78 is 40.9. The summed E-state index contributed by atoms with van der Waals surface area (Å²) in [5, 5.41) is 9.72. The van der Waals surface area contributed by atoms with Crippen LogP contribution in [-0.2, 0) is 21.3 Å². The Morgan fingerprint density at radius 3 is 2.40 bits per heavy atom. The van der Waals surface area contributed by atoms with Crippen molar-refractivity contribution in [1.82, 2.24) is 24.8 Å². The van der Waals surface area contributed by atoms with Crippen LogP contribution < -0.4 is 9.04 Å². The lowest BCUT2D eigenvalue weighted by Gasteiger charge is -2.32. The molecule has 3 heterocycles. The van der Waals surface area contributed by atoms with Crippen LogP contribution >= 0.6 is 0 Å². The Labute approximate surface area is 262 Å². The fourth-order valence-corrected chi connectivity index (χ4v) is 6.66. The highest BCUT2D eigenvalue weighted by Crippen LogP contribution is 2.32. The molecule has 1 atom stereocenters. The molecule has 2 aromatic carbocycles. The number of hydrogen-bond donors (Lipinski definition) is 1. The van der Waals surface area contributed by atoms with Gasteiger partial charge >= 0.3 is 0 Å². The largest absolute Gasteiger partial charge is 0.505 e. The fourth-order valence-electron chi connectivity index (χ4n) is 5.34. The molecule has 13 heteroatoms. The van der Waals surface area contributed by atoms with Crippen molar-refractivity contribution in [3.05, 3.63) is 83.4 Å². The van der Waals surface area contributed by atoms with Gasteiger partial charge in [0.15, 0.2) is 5.75 Å². The fraction of sp³-hybridized carbons (Fsp3) is 0.344. The number of fused-ring (bicyclic) bond motifs is 4. The summed E-state index contributed by atoms with van der Waals surface area (Å²) in [4.78, 5) is 33.3. The summed E-state index contributed by atoms with van der Waals surface area (Å²) in [5.41, 5.74) is 3.36. The number of rotatable bonds is 7. The van der Waals surface area contributed by atoms with Crippen molar-refractivity contribution in [2.45, 2.75) is 51.6 Å². The van der Waals surface area contributed by atoms with Crippen molar-refractivity contribution in [2.75, 3.05) is 24.8 Å². The number of ether oxygens (including phenoxy) is 2. The van der Waals surface area contributed by atoms with Crippen molar-refractivity contribution >= 4 is 21.9 Å². The Bertz CT molecular complexity index is 1780. The molecule has 0 aliphatic carbocycles. The van der Waals surface area contributed by atoms with Crippen molar-refractivity contribution in [3.8, 4) is 22.9 Å². The third kappa shape index (κ3) is 6.89. The van der Waals surface area contributed by atoms with Crippen molar-refractivity contribution < 1.29 is 27.8 Å². The molecule has 2 aromatic heterocycles. The molecule has 0 saturated heterocycles. The molecule has 1 amide bonds. The molecule has 0 spiro atoms. The predicted molar refractivity (Wildman–Crippen MR) is 167 cm³/mol. The number of benzene rings is 2. The quantitative estimate of drug-likeness (QED) is 0.309. The van der Waals surface area contributed by atoms with Crippen LogP contribution in [0.25, 0.3) is 11.3 Å². The van der Waals surface area contributed by atoms with E-state index < -0.39 is 22.0 Å². The Kier molecular flexibility index (Phi) is 9.30. The monoisotopic (exact) mass is 632 g/mol. The van der Waals surface area contributed by atoms with Crippen LogP contribution in [-0.4, -0.2) is 70.8 Å². The lowest BCUT2D eigenvalue weighted by molar-refractivity contribution is 0.0545. The molecule has 0 saturated carbocycles. The van der Waals surface area contributed by atoms with Crippen molar-refractivity contribution in [3.63, 3.8) is 0 Å². The number of aromatic hydroxyl groups is 1. The van der Waals surface area contributed by atoms with E-state index in [1.807, 2.05) is 45.9 Å². The highest BCUT2D eigenvalue weighted by molar-refractivity contribution is 7.92. The Hall–Kier alpha value is -4.62. The number of sulfonamides is 1. The summed E-state index contributed by atoms with van der Waals surface area (Å²) in [5.74, 6) is -0.0460. The summed E-state index contributed by atoms with van der Waals surface area (Å²) in [6.07, 6.45) is 3.08. The first kappa shape index (κ1) is 31.8. The number of carbonyl (C=O) groups excluding carboxylic acids is 1. The van der Waals surface area contributed by atoms with Crippen LogP contribution in [0.2, 0.25) is 0 Å². The van der Waals surface area contributed by atoms with E-state index >= 15 is 0 Å². The minimum atomic E-state index is -4.31. The molecule has 12 nitrogen and oxygen atoms in total. The van der Waals surface area contributed by atoms with Gasteiger partial charge in [0, 0.05) is 24.3 Å². The number of aromatic nitrogens is 4. The van der Waals surface area contributed by atoms with E-state index in [0.29, 0.717) is 17.9 Å². The van der Waals surface area contributed by atoms with E-state index in [9.17, 15) is 18.3 Å². The first-order valence-corrected chi connectivity index (χ1v) is 15.9. The average molecular weight is 633 g/mol. The van der Waals surface area contributed by atoms with Crippen LogP contribution in [0.15, 0.2) is 65.8 Å². The van der Waals surface area contributed by atoms with E-state index in [0.717, 1.165) is 21.0 Å². The predicted octanol–water partition coefficient (Wildman–Crippen LogP) is 4.50. The van der Waals surface area contributed by atoms with E-state index in [1.54, 1.807) is 17.0 Å². The zero-order chi connectivity index (χ0) is 32.3. The maximum atomic E-state index is 14.2. The summed E-state index contributed by atoms with van der Waals surface area (Å²) >= 11 is 0. The number of amides is 1. The lowest BCUT2D eigenvalue weighted by atomic mass is 10.00. The second kappa shape index (κ2) is 13.2. The molecular weight excluding hydrogens is 596 g/mol. The van der Waals surface area contributed by atoms with Gasteiger partial charge in [-0.25, -0.2) is 27.7 Å². The zero-order valence-electron chi connectivity index (χ0n) is 25.8. The number of methoxy groups -OCH3 is 1. The summed E-state index contributed by atoms with van der Waals surface area (Å²) in [6, 6.07) is 12.9. The highest BCUT2D eigenvalue weighted by atomic mass is 32.2. The van der Waals surface area contributed by atoms with Gasteiger partial charge < -0.3 is 19.5 Å². The van der Waals surface area contributed by atoms with Crippen molar-refractivity contribution in [2.24, 2.45) is 5.92 Å². The zero-order valence-corrected chi connectivity index (χ0v) is 26.7. The van der Waals surface area contributed by atoms with Crippen LogP contribution in [0.3, 0.4) is 0 Å². The maximum absolute atomic E-state index is 14.2. The molecule has 1 aliphatic heterocycles. The number of aryl methyl sites for hydroxylation is 2. The molecule has 4 aromatic rings. The van der Waals surface area contributed by atoms with Gasteiger partial charge in [-0.3, -0.25) is 4.79 Å². The lowest BCUT2D eigenvalue weighted by Crippen LogP contribution is -2.44. The van der Waals surface area contributed by atoms with Gasteiger partial charge in [-0.05, 0) is 55.5 Å². The minimum absolute atomic E-state index is 0.00465. The minimum Gasteiger partial charge on any atom is -0.505 e. The molecule has 45 heavy (non-hydrogen) atoms. The first-order valence-electron chi connectivity index (χ1n) is 14.5. The maximum Gasteiger partial charge on any atom is 0.268 e. The number of carbonyl (C=O) groups is 1. The van der Waals surface area contributed by atoms with Gasteiger partial charge in [0.25, 0.3) is 15.9 Å². The summed E-state index contributed by atoms with van der Waals surface area (Å²) in [7, 11) is -2.94. The second-order valence-electron chi connectivity index (χ2n) is 11.3. The van der Waals surface area contributed by atoms with E-state index in [1.165, 1.54) is 37.7 Å². The molecule has 0 radical (unpaired) electrons. The topological polar surface area (TPSA) is 148 Å². The van der Waals surface area contributed by atoms with Gasteiger partial charge in [-0.1, -0.05) is 38.1 Å². The number of anilines is 1. The molecule has 1 N–H and O–H groups in total. The van der Waals surface area contributed by atoms with Crippen LogP contribution in [0.4, 0.5) is 5.95 Å². The third-order valence-corrected chi connectivity index (χ3v) is 9.14. The Balaban J connectivity index is 1.73. The highest BCUT2D eigenvalue weighted by Gasteiger charge is 2.33.